The first-order chi connectivity index (χ1) is 15.8. The smallest absolute Gasteiger partial charge is 0.343 e. The third-order valence-electron chi connectivity index (χ3n) is 4.46. The third kappa shape index (κ3) is 6.18. The fraction of sp³-hybridized carbons (Fsp3) is 0.227. The Morgan fingerprint density at radius 3 is 2.67 bits per heavy atom. The van der Waals surface area contributed by atoms with Crippen molar-refractivity contribution in [2.24, 2.45) is 0 Å². The molecule has 0 saturated carbocycles. The molecule has 2 heterocycles. The normalized spacial score (nSPS) is 13.2. The van der Waals surface area contributed by atoms with Crippen LogP contribution in [-0.4, -0.2) is 48.6 Å². The summed E-state index contributed by atoms with van der Waals surface area (Å²) in [4.78, 5) is 19.8. The fourth-order valence-corrected chi connectivity index (χ4v) is 3.99. The second-order valence-electron chi connectivity index (χ2n) is 6.84. The maximum atomic E-state index is 11.7. The minimum Gasteiger partial charge on any atom is -0.476 e. The number of benzene rings is 2. The van der Waals surface area contributed by atoms with E-state index < -0.39 is 15.8 Å². The number of nitrogens with two attached hydrogens (primary N) is 1. The standard InChI is InChI=1S/C14H14N4O5S.C8H10O/c1-2-22-13(19)9-6-16-14(18-12(9)15)17-8-3-4-11-10(5-8)23-7-24(11,20)21;9-7-6-8-4-2-1-3-5-8/h3-6H,2,7H2,1H3,(H3,15,16,17,18);1-5,9H,6-7H2. The number of fused-ring (bicyclic) bond motifs is 1. The van der Waals surface area contributed by atoms with E-state index in [1.165, 1.54) is 23.9 Å². The average molecular weight is 473 g/mol. The summed E-state index contributed by atoms with van der Waals surface area (Å²) >= 11 is 0. The summed E-state index contributed by atoms with van der Waals surface area (Å²) in [5.41, 5.74) is 7.53. The van der Waals surface area contributed by atoms with Crippen LogP contribution in [0.3, 0.4) is 0 Å². The van der Waals surface area contributed by atoms with E-state index in [-0.39, 0.29) is 47.1 Å². The van der Waals surface area contributed by atoms with Gasteiger partial charge in [-0.15, -0.1) is 0 Å². The Kier molecular flexibility index (Phi) is 7.80. The van der Waals surface area contributed by atoms with Crippen LogP contribution in [0.15, 0.2) is 59.6 Å². The van der Waals surface area contributed by atoms with Crippen LogP contribution in [0, 0.1) is 0 Å². The molecule has 1 aliphatic heterocycles. The zero-order valence-corrected chi connectivity index (χ0v) is 18.7. The fourth-order valence-electron chi connectivity index (χ4n) is 2.88. The van der Waals surface area contributed by atoms with Crippen molar-refractivity contribution in [3.8, 4) is 5.75 Å². The SMILES string of the molecule is CCOC(=O)c1cnc(Nc2ccc3c(c2)OCS3(=O)=O)nc1N.OCCc1ccccc1. The molecule has 4 N–H and O–H groups in total. The highest BCUT2D eigenvalue weighted by Gasteiger charge is 2.28. The first kappa shape index (κ1) is 24.0. The number of nitrogen functional groups attached to an aromatic ring is 1. The number of aliphatic hydroxyl groups excluding tert-OH is 1. The molecule has 3 aromatic rings. The number of hydrogen-bond acceptors (Lipinski definition) is 10. The molecule has 0 saturated heterocycles. The second kappa shape index (κ2) is 10.7. The molecule has 0 unspecified atom stereocenters. The van der Waals surface area contributed by atoms with Crippen molar-refractivity contribution in [3.05, 3.63) is 65.9 Å². The molecule has 1 aliphatic rings. The summed E-state index contributed by atoms with van der Waals surface area (Å²) in [6.07, 6.45) is 2.03. The third-order valence-corrected chi connectivity index (χ3v) is 5.90. The molecular formula is C22H24N4O6S. The number of aromatic nitrogens is 2. The molecule has 4 rings (SSSR count). The quantitative estimate of drug-likeness (QED) is 0.455. The zero-order chi connectivity index (χ0) is 23.8. The second-order valence-corrected chi connectivity index (χ2v) is 8.74. The molecule has 0 bridgehead atoms. The Hall–Kier alpha value is -3.70. The molecule has 0 amide bonds. The van der Waals surface area contributed by atoms with Gasteiger partial charge in [0, 0.05) is 24.6 Å². The first-order valence-corrected chi connectivity index (χ1v) is 11.7. The molecule has 2 aromatic carbocycles. The number of hydrogen-bond donors (Lipinski definition) is 3. The summed E-state index contributed by atoms with van der Waals surface area (Å²) in [5, 5.41) is 11.4. The summed E-state index contributed by atoms with van der Waals surface area (Å²) in [5.74, 6) is -0.579. The van der Waals surface area contributed by atoms with Gasteiger partial charge in [0.05, 0.1) is 6.61 Å². The van der Waals surface area contributed by atoms with E-state index in [0.29, 0.717) is 5.69 Å². The van der Waals surface area contributed by atoms with Gasteiger partial charge < -0.3 is 25.6 Å². The number of carbonyl (C=O) groups is 1. The maximum Gasteiger partial charge on any atom is 0.343 e. The topological polar surface area (TPSA) is 154 Å². The van der Waals surface area contributed by atoms with E-state index in [4.69, 9.17) is 20.3 Å². The molecule has 0 radical (unpaired) electrons. The Morgan fingerprint density at radius 1 is 1.24 bits per heavy atom. The molecule has 10 nitrogen and oxygen atoms in total. The van der Waals surface area contributed by atoms with Crippen LogP contribution in [-0.2, 0) is 21.0 Å². The predicted molar refractivity (Wildman–Crippen MR) is 122 cm³/mol. The molecule has 174 valence electrons. The van der Waals surface area contributed by atoms with Gasteiger partial charge in [0.25, 0.3) is 0 Å². The number of nitrogens with one attached hydrogen (secondary N) is 1. The van der Waals surface area contributed by atoms with E-state index in [9.17, 15) is 13.2 Å². The van der Waals surface area contributed by atoms with Gasteiger partial charge in [-0.05, 0) is 31.0 Å². The van der Waals surface area contributed by atoms with Gasteiger partial charge in [-0.2, -0.15) is 4.98 Å². The maximum absolute atomic E-state index is 11.7. The van der Waals surface area contributed by atoms with E-state index in [1.807, 2.05) is 30.3 Å². The summed E-state index contributed by atoms with van der Waals surface area (Å²) in [7, 11) is -3.38. The van der Waals surface area contributed by atoms with Crippen molar-refractivity contribution in [1.29, 1.82) is 0 Å². The van der Waals surface area contributed by atoms with Gasteiger partial charge in [-0.3, -0.25) is 0 Å². The number of rotatable bonds is 6. The molecule has 1 aromatic heterocycles. The van der Waals surface area contributed by atoms with Gasteiger partial charge in [-0.1, -0.05) is 30.3 Å². The number of sulfone groups is 1. The van der Waals surface area contributed by atoms with Crippen molar-refractivity contribution in [2.45, 2.75) is 18.2 Å². The minimum absolute atomic E-state index is 0.0223. The highest BCUT2D eigenvalue weighted by atomic mass is 32.2. The van der Waals surface area contributed by atoms with Crippen LogP contribution in [0.1, 0.15) is 22.8 Å². The van der Waals surface area contributed by atoms with Crippen molar-refractivity contribution in [3.63, 3.8) is 0 Å². The predicted octanol–water partition coefficient (Wildman–Crippen LogP) is 2.32. The van der Waals surface area contributed by atoms with Crippen molar-refractivity contribution in [2.75, 3.05) is 30.2 Å². The van der Waals surface area contributed by atoms with Crippen LogP contribution >= 0.6 is 0 Å². The van der Waals surface area contributed by atoms with Gasteiger partial charge in [0.1, 0.15) is 22.0 Å². The lowest BCUT2D eigenvalue weighted by Crippen LogP contribution is -2.11. The van der Waals surface area contributed by atoms with E-state index in [1.54, 1.807) is 13.0 Å². The Balaban J connectivity index is 0.000000286. The number of esters is 1. The van der Waals surface area contributed by atoms with Crippen LogP contribution in [0.2, 0.25) is 0 Å². The summed E-state index contributed by atoms with van der Waals surface area (Å²) in [6, 6.07) is 14.5. The van der Waals surface area contributed by atoms with Crippen molar-refractivity contribution in [1.82, 2.24) is 9.97 Å². The number of anilines is 3. The van der Waals surface area contributed by atoms with E-state index in [2.05, 4.69) is 15.3 Å². The van der Waals surface area contributed by atoms with Crippen molar-refractivity contribution >= 4 is 33.3 Å². The molecular weight excluding hydrogens is 448 g/mol. The van der Waals surface area contributed by atoms with Crippen LogP contribution in [0.5, 0.6) is 5.75 Å². The molecule has 0 spiro atoms. The summed E-state index contributed by atoms with van der Waals surface area (Å²) in [6.45, 7) is 2.14. The van der Waals surface area contributed by atoms with Crippen LogP contribution < -0.4 is 15.8 Å². The number of carbonyl (C=O) groups excluding carboxylic acids is 1. The highest BCUT2D eigenvalue weighted by Crippen LogP contribution is 2.34. The molecule has 33 heavy (non-hydrogen) atoms. The lowest BCUT2D eigenvalue weighted by atomic mass is 10.2. The monoisotopic (exact) mass is 472 g/mol. The van der Waals surface area contributed by atoms with Crippen LogP contribution in [0.25, 0.3) is 0 Å². The molecule has 0 atom stereocenters. The Labute approximate surface area is 191 Å². The van der Waals surface area contributed by atoms with Gasteiger partial charge in [0.2, 0.25) is 15.8 Å². The van der Waals surface area contributed by atoms with Crippen LogP contribution in [0.4, 0.5) is 17.5 Å². The molecule has 0 fully saturated rings. The highest BCUT2D eigenvalue weighted by molar-refractivity contribution is 7.91. The average Bonchev–Trinajstić information content (AvgIpc) is 3.09. The van der Waals surface area contributed by atoms with Crippen molar-refractivity contribution < 1.29 is 27.8 Å². The van der Waals surface area contributed by atoms with E-state index >= 15 is 0 Å². The lowest BCUT2D eigenvalue weighted by molar-refractivity contribution is 0.0526. The van der Waals surface area contributed by atoms with E-state index in [0.717, 1.165) is 6.42 Å². The number of nitrogens with zero attached hydrogens (tertiary/aromatic N) is 2. The first-order valence-electron chi connectivity index (χ1n) is 10.0. The number of ether oxygens (including phenoxy) is 2. The van der Waals surface area contributed by atoms with Gasteiger partial charge in [-0.25, -0.2) is 18.2 Å². The lowest BCUT2D eigenvalue weighted by Gasteiger charge is -2.08. The zero-order valence-electron chi connectivity index (χ0n) is 17.9. The Morgan fingerprint density at radius 2 is 2.00 bits per heavy atom. The van der Waals surface area contributed by atoms with Gasteiger partial charge >= 0.3 is 5.97 Å². The minimum atomic E-state index is -3.38. The molecule has 11 heteroatoms. The Bertz CT molecular complexity index is 1220. The largest absolute Gasteiger partial charge is 0.476 e. The number of aliphatic hydroxyl groups is 1. The summed E-state index contributed by atoms with van der Waals surface area (Å²) < 4.78 is 33.4. The molecule has 0 aliphatic carbocycles. The van der Waals surface area contributed by atoms with Gasteiger partial charge in [0.15, 0.2) is 5.94 Å².